The molecule has 17 heavy (non-hydrogen) atoms. The van der Waals surface area contributed by atoms with Crippen LogP contribution in [0, 0.1) is 11.6 Å². The van der Waals surface area contributed by atoms with Crippen LogP contribution in [0.25, 0.3) is 0 Å². The Morgan fingerprint density at radius 2 is 1.94 bits per heavy atom. The molecule has 1 heterocycles. The molecule has 96 valence electrons. The summed E-state index contributed by atoms with van der Waals surface area (Å²) in [6, 6.07) is 4.11. The lowest BCUT2D eigenvalue weighted by Crippen LogP contribution is -2.49. The number of benzene rings is 1. The second-order valence-electron chi connectivity index (χ2n) is 4.30. The molecule has 5 heteroatoms. The Bertz CT molecular complexity index is 353. The van der Waals surface area contributed by atoms with Crippen LogP contribution in [0.15, 0.2) is 18.2 Å². The third kappa shape index (κ3) is 3.91. The van der Waals surface area contributed by atoms with E-state index >= 15 is 0 Å². The van der Waals surface area contributed by atoms with Crippen LogP contribution < -0.4 is 5.32 Å². The number of nitrogens with zero attached hydrogens (tertiary/aromatic N) is 1. The molecule has 1 unspecified atom stereocenters. The predicted molar refractivity (Wildman–Crippen MR) is 66.3 cm³/mol. The highest BCUT2D eigenvalue weighted by Crippen LogP contribution is 2.13. The number of piperazine rings is 1. The van der Waals surface area contributed by atoms with Crippen LogP contribution in [0.2, 0.25) is 0 Å². The van der Waals surface area contributed by atoms with Gasteiger partial charge in [-0.2, -0.15) is 0 Å². The molecule has 1 aliphatic rings. The topological polar surface area (TPSA) is 15.3 Å². The van der Waals surface area contributed by atoms with Crippen LogP contribution in [-0.4, -0.2) is 30.6 Å². The summed E-state index contributed by atoms with van der Waals surface area (Å²) in [5.74, 6) is -1.00. The average Bonchev–Trinajstić information content (AvgIpc) is 2.20. The molecule has 1 fully saturated rings. The summed E-state index contributed by atoms with van der Waals surface area (Å²) >= 11 is 0. The van der Waals surface area contributed by atoms with Crippen molar-refractivity contribution in [1.82, 2.24) is 10.2 Å². The van der Waals surface area contributed by atoms with E-state index in [0.29, 0.717) is 18.2 Å². The minimum Gasteiger partial charge on any atom is -0.314 e. The maximum atomic E-state index is 13.0. The van der Waals surface area contributed by atoms with Gasteiger partial charge in [0.15, 0.2) is 0 Å². The molecular weight excluding hydrogens is 246 g/mol. The van der Waals surface area contributed by atoms with Gasteiger partial charge in [0.1, 0.15) is 11.6 Å². The fraction of sp³-hybridized carbons (Fsp3) is 0.500. The van der Waals surface area contributed by atoms with E-state index in [0.717, 1.165) is 25.7 Å². The number of hydrogen-bond acceptors (Lipinski definition) is 2. The Hall–Kier alpha value is -0.710. The van der Waals surface area contributed by atoms with Crippen LogP contribution >= 0.6 is 12.4 Å². The Kier molecular flexibility index (Phi) is 5.31. The summed E-state index contributed by atoms with van der Waals surface area (Å²) in [4.78, 5) is 2.23. The molecule has 1 saturated heterocycles. The molecular formula is C12H17ClF2N2. The fourth-order valence-electron chi connectivity index (χ4n) is 2.05. The quantitative estimate of drug-likeness (QED) is 0.879. The van der Waals surface area contributed by atoms with E-state index in [1.54, 1.807) is 0 Å². The SMILES string of the molecule is CC1CNCCN1Cc1cc(F)cc(F)c1.Cl. The molecule has 1 N–H and O–H groups in total. The van der Waals surface area contributed by atoms with Crippen molar-refractivity contribution < 1.29 is 8.78 Å². The molecule has 1 aliphatic heterocycles. The number of rotatable bonds is 2. The molecule has 1 aromatic carbocycles. The summed E-state index contributed by atoms with van der Waals surface area (Å²) < 4.78 is 26.0. The van der Waals surface area contributed by atoms with E-state index in [2.05, 4.69) is 17.1 Å². The van der Waals surface area contributed by atoms with Gasteiger partial charge in [0.2, 0.25) is 0 Å². The summed E-state index contributed by atoms with van der Waals surface area (Å²) in [6.45, 7) is 5.50. The van der Waals surface area contributed by atoms with E-state index in [1.165, 1.54) is 12.1 Å². The van der Waals surface area contributed by atoms with Crippen molar-refractivity contribution in [2.24, 2.45) is 0 Å². The second kappa shape index (κ2) is 6.28. The van der Waals surface area contributed by atoms with Gasteiger partial charge >= 0.3 is 0 Å². The summed E-state index contributed by atoms with van der Waals surface area (Å²) in [6.07, 6.45) is 0. The Balaban J connectivity index is 0.00000144. The monoisotopic (exact) mass is 262 g/mol. The van der Waals surface area contributed by atoms with Crippen molar-refractivity contribution in [3.8, 4) is 0 Å². The molecule has 0 amide bonds. The van der Waals surface area contributed by atoms with Gasteiger partial charge < -0.3 is 5.32 Å². The van der Waals surface area contributed by atoms with Crippen LogP contribution in [0.5, 0.6) is 0 Å². The van der Waals surface area contributed by atoms with Gasteiger partial charge in [-0.05, 0) is 24.6 Å². The molecule has 0 aromatic heterocycles. The lowest BCUT2D eigenvalue weighted by atomic mass is 10.1. The first-order valence-electron chi connectivity index (χ1n) is 5.55. The van der Waals surface area contributed by atoms with Crippen molar-refractivity contribution in [1.29, 1.82) is 0 Å². The van der Waals surface area contributed by atoms with Gasteiger partial charge in [-0.15, -0.1) is 12.4 Å². The highest BCUT2D eigenvalue weighted by molar-refractivity contribution is 5.85. The molecule has 0 spiro atoms. The van der Waals surface area contributed by atoms with Gasteiger partial charge in [-0.25, -0.2) is 8.78 Å². The van der Waals surface area contributed by atoms with E-state index < -0.39 is 11.6 Å². The Labute approximate surface area is 106 Å². The van der Waals surface area contributed by atoms with Gasteiger partial charge in [-0.3, -0.25) is 4.90 Å². The molecule has 0 aliphatic carbocycles. The smallest absolute Gasteiger partial charge is 0.126 e. The number of nitrogens with one attached hydrogen (secondary N) is 1. The molecule has 2 nitrogen and oxygen atoms in total. The van der Waals surface area contributed by atoms with Crippen molar-refractivity contribution >= 4 is 12.4 Å². The van der Waals surface area contributed by atoms with E-state index in [9.17, 15) is 8.78 Å². The van der Waals surface area contributed by atoms with Gasteiger partial charge in [0.25, 0.3) is 0 Å². The molecule has 1 aromatic rings. The van der Waals surface area contributed by atoms with E-state index in [1.807, 2.05) is 0 Å². The van der Waals surface area contributed by atoms with Crippen molar-refractivity contribution in [3.05, 3.63) is 35.4 Å². The zero-order chi connectivity index (χ0) is 11.5. The zero-order valence-electron chi connectivity index (χ0n) is 9.75. The third-order valence-corrected chi connectivity index (χ3v) is 2.95. The van der Waals surface area contributed by atoms with Crippen LogP contribution in [0.4, 0.5) is 8.78 Å². The fourth-order valence-corrected chi connectivity index (χ4v) is 2.05. The van der Waals surface area contributed by atoms with E-state index in [-0.39, 0.29) is 12.4 Å². The summed E-state index contributed by atoms with van der Waals surface area (Å²) in [5.41, 5.74) is 0.700. The standard InChI is InChI=1S/C12H16F2N2.ClH/c1-9-7-15-2-3-16(9)8-10-4-11(13)6-12(14)5-10;/h4-6,9,15H,2-3,7-8H2,1H3;1H. The average molecular weight is 263 g/mol. The Morgan fingerprint density at radius 3 is 2.53 bits per heavy atom. The third-order valence-electron chi connectivity index (χ3n) is 2.95. The number of halogens is 3. The van der Waals surface area contributed by atoms with Crippen LogP contribution in [-0.2, 0) is 6.54 Å². The minimum absolute atomic E-state index is 0. The highest BCUT2D eigenvalue weighted by Gasteiger charge is 2.18. The first kappa shape index (κ1) is 14.4. The second-order valence-corrected chi connectivity index (χ2v) is 4.30. The van der Waals surface area contributed by atoms with Crippen molar-refractivity contribution in [2.75, 3.05) is 19.6 Å². The van der Waals surface area contributed by atoms with E-state index in [4.69, 9.17) is 0 Å². The molecule has 0 radical (unpaired) electrons. The lowest BCUT2D eigenvalue weighted by molar-refractivity contribution is 0.165. The van der Waals surface area contributed by atoms with Crippen LogP contribution in [0.3, 0.4) is 0 Å². The predicted octanol–water partition coefficient (Wildman–Crippen LogP) is 2.18. The first-order chi connectivity index (χ1) is 7.65. The summed E-state index contributed by atoms with van der Waals surface area (Å²) in [5, 5.41) is 3.28. The van der Waals surface area contributed by atoms with Gasteiger partial charge in [0, 0.05) is 38.3 Å². The molecule has 2 rings (SSSR count). The highest BCUT2D eigenvalue weighted by atomic mass is 35.5. The number of hydrogen-bond donors (Lipinski definition) is 1. The van der Waals surface area contributed by atoms with Gasteiger partial charge in [-0.1, -0.05) is 0 Å². The molecule has 0 bridgehead atoms. The first-order valence-corrected chi connectivity index (χ1v) is 5.55. The maximum Gasteiger partial charge on any atom is 0.126 e. The normalized spacial score (nSPS) is 21.0. The zero-order valence-corrected chi connectivity index (χ0v) is 10.6. The van der Waals surface area contributed by atoms with Gasteiger partial charge in [0.05, 0.1) is 0 Å². The summed E-state index contributed by atoms with van der Waals surface area (Å²) in [7, 11) is 0. The molecule has 0 saturated carbocycles. The van der Waals surface area contributed by atoms with Crippen molar-refractivity contribution in [3.63, 3.8) is 0 Å². The Morgan fingerprint density at radius 1 is 1.29 bits per heavy atom. The van der Waals surface area contributed by atoms with Crippen molar-refractivity contribution in [2.45, 2.75) is 19.5 Å². The minimum atomic E-state index is -0.502. The van der Waals surface area contributed by atoms with Crippen LogP contribution in [0.1, 0.15) is 12.5 Å². The molecule has 1 atom stereocenters. The lowest BCUT2D eigenvalue weighted by Gasteiger charge is -2.33. The maximum absolute atomic E-state index is 13.0. The largest absolute Gasteiger partial charge is 0.314 e.